The van der Waals surface area contributed by atoms with Crippen molar-refractivity contribution in [3.63, 3.8) is 0 Å². The SMILES string of the molecule is Cc1ccc(-c2nnc(SC[C@@H]3CN[C@H](c4ccc(N(C)C)cc4)O3)o2)cc1C. The molecule has 0 saturated carbocycles. The second-order valence-corrected chi connectivity index (χ2v) is 8.49. The van der Waals surface area contributed by atoms with E-state index < -0.39 is 0 Å². The van der Waals surface area contributed by atoms with E-state index in [2.05, 4.69) is 70.7 Å². The molecular weight excluding hydrogens is 384 g/mol. The van der Waals surface area contributed by atoms with Gasteiger partial charge in [-0.05, 0) is 54.8 Å². The number of thioether (sulfide) groups is 1. The van der Waals surface area contributed by atoms with E-state index in [1.165, 1.54) is 28.6 Å². The number of nitrogens with one attached hydrogen (secondary N) is 1. The molecule has 0 unspecified atom stereocenters. The van der Waals surface area contributed by atoms with Crippen molar-refractivity contribution >= 4 is 17.4 Å². The Labute approximate surface area is 175 Å². The maximum atomic E-state index is 6.15. The molecule has 2 atom stereocenters. The molecule has 0 bridgehead atoms. The number of rotatable bonds is 6. The predicted octanol–water partition coefficient (Wildman–Crippen LogP) is 4.20. The maximum absolute atomic E-state index is 6.15. The summed E-state index contributed by atoms with van der Waals surface area (Å²) in [6.07, 6.45) is 0.0149. The van der Waals surface area contributed by atoms with Crippen LogP contribution in [-0.2, 0) is 4.74 Å². The topological polar surface area (TPSA) is 63.4 Å². The van der Waals surface area contributed by atoms with E-state index in [0.29, 0.717) is 11.1 Å². The van der Waals surface area contributed by atoms with Crippen LogP contribution in [0, 0.1) is 13.8 Å². The number of nitrogens with zero attached hydrogens (tertiary/aromatic N) is 3. The van der Waals surface area contributed by atoms with Gasteiger partial charge in [0.1, 0.15) is 6.23 Å². The number of benzene rings is 2. The molecule has 7 heteroatoms. The largest absolute Gasteiger partial charge is 0.411 e. The first-order valence-electron chi connectivity index (χ1n) is 9.69. The van der Waals surface area contributed by atoms with Crippen LogP contribution >= 0.6 is 11.8 Å². The van der Waals surface area contributed by atoms with Crippen LogP contribution in [0.3, 0.4) is 0 Å². The van der Waals surface area contributed by atoms with Gasteiger partial charge in [0.2, 0.25) is 5.89 Å². The fourth-order valence-electron chi connectivity index (χ4n) is 3.19. The minimum absolute atomic E-state index is 0.0782. The van der Waals surface area contributed by atoms with Gasteiger partial charge in [0.25, 0.3) is 5.22 Å². The number of hydrogen-bond acceptors (Lipinski definition) is 7. The molecule has 1 aliphatic heterocycles. The summed E-state index contributed by atoms with van der Waals surface area (Å²) in [7, 11) is 4.07. The number of aromatic nitrogens is 2. The van der Waals surface area contributed by atoms with E-state index in [1.807, 2.05) is 20.2 Å². The van der Waals surface area contributed by atoms with Crippen LogP contribution in [0.15, 0.2) is 52.1 Å². The third-order valence-electron chi connectivity index (χ3n) is 5.12. The maximum Gasteiger partial charge on any atom is 0.276 e. The van der Waals surface area contributed by atoms with Crippen molar-refractivity contribution in [2.45, 2.75) is 31.4 Å². The van der Waals surface area contributed by atoms with Gasteiger partial charge in [0.15, 0.2) is 0 Å². The van der Waals surface area contributed by atoms with E-state index in [1.54, 1.807) is 0 Å². The molecule has 3 aromatic rings. The van der Waals surface area contributed by atoms with Crippen LogP contribution in [0.1, 0.15) is 22.9 Å². The molecule has 1 aliphatic rings. The second kappa shape index (κ2) is 8.57. The molecule has 0 aliphatic carbocycles. The van der Waals surface area contributed by atoms with Crippen molar-refractivity contribution in [1.29, 1.82) is 0 Å². The normalized spacial score (nSPS) is 18.9. The van der Waals surface area contributed by atoms with Crippen LogP contribution in [0.4, 0.5) is 5.69 Å². The summed E-state index contributed by atoms with van der Waals surface area (Å²) >= 11 is 1.53. The van der Waals surface area contributed by atoms with Gasteiger partial charge < -0.3 is 14.1 Å². The fraction of sp³-hybridized carbons (Fsp3) is 0.364. The molecule has 1 fully saturated rings. The van der Waals surface area contributed by atoms with E-state index in [-0.39, 0.29) is 12.3 Å². The number of hydrogen-bond donors (Lipinski definition) is 1. The molecule has 0 spiro atoms. The smallest absolute Gasteiger partial charge is 0.276 e. The van der Waals surface area contributed by atoms with Gasteiger partial charge in [0, 0.05) is 37.6 Å². The predicted molar refractivity (Wildman–Crippen MR) is 116 cm³/mol. The standard InChI is InChI=1S/C22H26N4O2S/c1-14-5-6-17(11-15(14)2)21-24-25-22(28-21)29-13-19-12-23-20(27-19)16-7-9-18(10-8-16)26(3)4/h5-11,19-20,23H,12-13H2,1-4H3/t19-,20-/m0/s1. The van der Waals surface area contributed by atoms with E-state index in [4.69, 9.17) is 9.15 Å². The average Bonchev–Trinajstić information content (AvgIpc) is 3.38. The molecule has 4 rings (SSSR count). The molecule has 0 amide bonds. The van der Waals surface area contributed by atoms with Crippen molar-refractivity contribution in [3.8, 4) is 11.5 Å². The summed E-state index contributed by atoms with van der Waals surface area (Å²) < 4.78 is 12.0. The lowest BCUT2D eigenvalue weighted by atomic mass is 10.1. The minimum atomic E-state index is -0.0782. The first-order chi connectivity index (χ1) is 14.0. The molecular formula is C22H26N4O2S. The highest BCUT2D eigenvalue weighted by atomic mass is 32.2. The van der Waals surface area contributed by atoms with Gasteiger partial charge in [-0.25, -0.2) is 0 Å². The van der Waals surface area contributed by atoms with Crippen LogP contribution in [0.2, 0.25) is 0 Å². The average molecular weight is 411 g/mol. The lowest BCUT2D eigenvalue weighted by Gasteiger charge is -2.16. The Bertz CT molecular complexity index is 971. The Hall–Kier alpha value is -2.35. The lowest BCUT2D eigenvalue weighted by molar-refractivity contribution is 0.0534. The van der Waals surface area contributed by atoms with E-state index in [0.717, 1.165) is 23.4 Å². The number of aryl methyl sites for hydroxylation is 2. The second-order valence-electron chi connectivity index (χ2n) is 7.52. The number of ether oxygens (including phenoxy) is 1. The quantitative estimate of drug-likeness (QED) is 0.611. The third kappa shape index (κ3) is 4.63. The Kier molecular flexibility index (Phi) is 5.89. The summed E-state index contributed by atoms with van der Waals surface area (Å²) in [5.74, 6) is 1.31. The Morgan fingerprint density at radius 1 is 1.07 bits per heavy atom. The van der Waals surface area contributed by atoms with Crippen LogP contribution in [0.5, 0.6) is 0 Å². The molecule has 1 N–H and O–H groups in total. The minimum Gasteiger partial charge on any atom is -0.411 e. The summed E-state index contributed by atoms with van der Waals surface area (Å²) in [6, 6.07) is 14.6. The molecule has 0 radical (unpaired) electrons. The summed E-state index contributed by atoms with van der Waals surface area (Å²) in [5, 5.41) is 12.4. The van der Waals surface area contributed by atoms with Crippen molar-refractivity contribution in [2.24, 2.45) is 0 Å². The summed E-state index contributed by atoms with van der Waals surface area (Å²) in [6.45, 7) is 4.97. The molecule has 1 saturated heterocycles. The zero-order valence-corrected chi connectivity index (χ0v) is 18.0. The van der Waals surface area contributed by atoms with Crippen molar-refractivity contribution in [2.75, 3.05) is 31.3 Å². The van der Waals surface area contributed by atoms with Gasteiger partial charge in [-0.3, -0.25) is 5.32 Å². The molecule has 152 valence electrons. The van der Waals surface area contributed by atoms with Crippen LogP contribution < -0.4 is 10.2 Å². The van der Waals surface area contributed by atoms with Crippen molar-refractivity contribution in [3.05, 3.63) is 59.2 Å². The highest BCUT2D eigenvalue weighted by Crippen LogP contribution is 2.29. The summed E-state index contributed by atoms with van der Waals surface area (Å²) in [5.41, 5.74) is 5.73. The van der Waals surface area contributed by atoms with Crippen molar-refractivity contribution < 1.29 is 9.15 Å². The van der Waals surface area contributed by atoms with E-state index in [9.17, 15) is 0 Å². The first-order valence-corrected chi connectivity index (χ1v) is 10.7. The molecule has 2 aromatic carbocycles. The van der Waals surface area contributed by atoms with Crippen molar-refractivity contribution in [1.82, 2.24) is 15.5 Å². The monoisotopic (exact) mass is 410 g/mol. The van der Waals surface area contributed by atoms with Gasteiger partial charge >= 0.3 is 0 Å². The summed E-state index contributed by atoms with van der Waals surface area (Å²) in [4.78, 5) is 2.09. The number of anilines is 1. The molecule has 6 nitrogen and oxygen atoms in total. The Balaban J connectivity index is 1.32. The third-order valence-corrected chi connectivity index (χ3v) is 6.08. The first kappa shape index (κ1) is 19.9. The highest BCUT2D eigenvalue weighted by molar-refractivity contribution is 7.99. The molecule has 2 heterocycles. The Morgan fingerprint density at radius 2 is 1.86 bits per heavy atom. The van der Waals surface area contributed by atoms with Crippen LogP contribution in [0.25, 0.3) is 11.5 Å². The van der Waals surface area contributed by atoms with E-state index >= 15 is 0 Å². The highest BCUT2D eigenvalue weighted by Gasteiger charge is 2.26. The Morgan fingerprint density at radius 3 is 2.59 bits per heavy atom. The van der Waals surface area contributed by atoms with Gasteiger partial charge in [-0.1, -0.05) is 30.0 Å². The fourth-order valence-corrected chi connectivity index (χ4v) is 3.95. The van der Waals surface area contributed by atoms with Gasteiger partial charge in [-0.2, -0.15) is 0 Å². The lowest BCUT2D eigenvalue weighted by Crippen LogP contribution is -2.16. The molecule has 1 aromatic heterocycles. The van der Waals surface area contributed by atoms with Gasteiger partial charge in [-0.15, -0.1) is 10.2 Å². The zero-order valence-electron chi connectivity index (χ0n) is 17.2. The zero-order chi connectivity index (χ0) is 20.4. The molecule has 29 heavy (non-hydrogen) atoms. The van der Waals surface area contributed by atoms with Crippen LogP contribution in [-0.4, -0.2) is 42.7 Å². The van der Waals surface area contributed by atoms with Gasteiger partial charge in [0.05, 0.1) is 6.10 Å².